The fourth-order valence-corrected chi connectivity index (χ4v) is 3.58. The van der Waals surface area contributed by atoms with Crippen molar-refractivity contribution in [3.63, 3.8) is 0 Å². The summed E-state index contributed by atoms with van der Waals surface area (Å²) in [6.07, 6.45) is 2.24. The second kappa shape index (κ2) is 6.35. The van der Waals surface area contributed by atoms with Gasteiger partial charge in [0.05, 0.1) is 5.52 Å². The molecule has 0 bridgehead atoms. The highest BCUT2D eigenvalue weighted by Gasteiger charge is 2.38. The maximum absolute atomic E-state index is 11.8. The fourth-order valence-electron chi connectivity index (χ4n) is 3.58. The van der Waals surface area contributed by atoms with Crippen LogP contribution < -0.4 is 11.1 Å². The lowest BCUT2D eigenvalue weighted by molar-refractivity contribution is -0.255. The zero-order valence-corrected chi connectivity index (χ0v) is 13.4. The highest BCUT2D eigenvalue weighted by Crippen LogP contribution is 2.23. The number of aromatic nitrogens is 1. The van der Waals surface area contributed by atoms with E-state index in [1.54, 1.807) is 6.20 Å². The van der Waals surface area contributed by atoms with Crippen LogP contribution in [0.1, 0.15) is 5.56 Å². The van der Waals surface area contributed by atoms with Gasteiger partial charge in [0.15, 0.2) is 0 Å². The quantitative estimate of drug-likeness (QED) is 0.848. The van der Waals surface area contributed by atoms with Gasteiger partial charge in [-0.05, 0) is 11.6 Å². The molecule has 0 spiro atoms. The maximum atomic E-state index is 11.8. The van der Waals surface area contributed by atoms with Gasteiger partial charge in [-0.25, -0.2) is 4.79 Å². The van der Waals surface area contributed by atoms with E-state index < -0.39 is 6.03 Å². The third kappa shape index (κ3) is 2.82. The molecule has 7 nitrogen and oxygen atoms in total. The van der Waals surface area contributed by atoms with Gasteiger partial charge in [0.1, 0.15) is 12.3 Å². The SMILES string of the molecule is NC(=O)N1OC(Cc2cccc3cccnc23)CN2CCNCC21. The number of nitrogens with one attached hydrogen (secondary N) is 1. The lowest BCUT2D eigenvalue weighted by Crippen LogP contribution is -2.67. The van der Waals surface area contributed by atoms with E-state index in [1.165, 1.54) is 5.06 Å². The zero-order valence-electron chi connectivity index (χ0n) is 13.4. The van der Waals surface area contributed by atoms with E-state index in [4.69, 9.17) is 10.6 Å². The molecule has 2 amide bonds. The summed E-state index contributed by atoms with van der Waals surface area (Å²) in [4.78, 5) is 24.5. The summed E-state index contributed by atoms with van der Waals surface area (Å²) in [5, 5.41) is 5.70. The lowest BCUT2D eigenvalue weighted by Gasteiger charge is -2.47. The summed E-state index contributed by atoms with van der Waals surface area (Å²) in [5.41, 5.74) is 7.62. The number of benzene rings is 1. The monoisotopic (exact) mass is 327 g/mol. The van der Waals surface area contributed by atoms with Crippen molar-refractivity contribution >= 4 is 16.9 Å². The molecule has 0 saturated carbocycles. The first-order valence-electron chi connectivity index (χ1n) is 8.25. The van der Waals surface area contributed by atoms with Gasteiger partial charge in [0.2, 0.25) is 0 Å². The van der Waals surface area contributed by atoms with Crippen LogP contribution >= 0.6 is 0 Å². The summed E-state index contributed by atoms with van der Waals surface area (Å²) in [6.45, 7) is 3.23. The minimum atomic E-state index is -0.547. The number of hydroxylamine groups is 2. The zero-order chi connectivity index (χ0) is 16.5. The van der Waals surface area contributed by atoms with Crippen LogP contribution in [0.2, 0.25) is 0 Å². The summed E-state index contributed by atoms with van der Waals surface area (Å²) >= 11 is 0. The van der Waals surface area contributed by atoms with Gasteiger partial charge in [0, 0.05) is 44.2 Å². The molecule has 3 heterocycles. The number of para-hydroxylation sites is 1. The first kappa shape index (κ1) is 15.3. The van der Waals surface area contributed by atoms with Gasteiger partial charge in [-0.15, -0.1) is 0 Å². The topological polar surface area (TPSA) is 83.7 Å². The standard InChI is InChI=1S/C17H21N5O2/c18-17(23)22-15-10-19-7-8-21(15)11-14(24-22)9-13-4-1-3-12-5-2-6-20-16(12)13/h1-6,14-15,19H,7-11H2,(H2,18,23). The average molecular weight is 327 g/mol. The molecular weight excluding hydrogens is 306 g/mol. The van der Waals surface area contributed by atoms with Gasteiger partial charge in [-0.3, -0.25) is 14.7 Å². The molecule has 1 aromatic heterocycles. The highest BCUT2D eigenvalue weighted by molar-refractivity contribution is 5.81. The Balaban J connectivity index is 1.58. The Morgan fingerprint density at radius 1 is 1.38 bits per heavy atom. The number of carbonyl (C=O) groups excluding carboxylic acids is 1. The van der Waals surface area contributed by atoms with Crippen LogP contribution in [0, 0.1) is 0 Å². The minimum Gasteiger partial charge on any atom is -0.350 e. The van der Waals surface area contributed by atoms with E-state index >= 15 is 0 Å². The van der Waals surface area contributed by atoms with Crippen LogP contribution in [0.15, 0.2) is 36.5 Å². The molecular formula is C17H21N5O2. The van der Waals surface area contributed by atoms with Crippen molar-refractivity contribution in [2.45, 2.75) is 18.7 Å². The molecule has 1 aromatic carbocycles. The van der Waals surface area contributed by atoms with Crippen LogP contribution in [0.25, 0.3) is 10.9 Å². The van der Waals surface area contributed by atoms with Crippen LogP contribution in [0.4, 0.5) is 4.79 Å². The van der Waals surface area contributed by atoms with E-state index in [-0.39, 0.29) is 12.3 Å². The van der Waals surface area contributed by atoms with E-state index in [0.29, 0.717) is 13.0 Å². The second-order valence-corrected chi connectivity index (χ2v) is 6.27. The molecule has 2 aliphatic rings. The van der Waals surface area contributed by atoms with Crippen molar-refractivity contribution in [3.8, 4) is 0 Å². The Hall–Kier alpha value is -2.22. The number of urea groups is 1. The van der Waals surface area contributed by atoms with E-state index in [0.717, 1.165) is 36.1 Å². The number of hydrogen-bond donors (Lipinski definition) is 2. The van der Waals surface area contributed by atoms with E-state index in [1.807, 2.05) is 12.1 Å². The third-order valence-electron chi connectivity index (χ3n) is 4.68. The van der Waals surface area contributed by atoms with Gasteiger partial charge >= 0.3 is 6.03 Å². The number of hydrogen-bond acceptors (Lipinski definition) is 5. The van der Waals surface area contributed by atoms with Crippen molar-refractivity contribution in [1.29, 1.82) is 0 Å². The Morgan fingerprint density at radius 2 is 2.25 bits per heavy atom. The Labute approximate surface area is 140 Å². The Kier molecular flexibility index (Phi) is 4.05. The molecule has 0 radical (unpaired) electrons. The summed E-state index contributed by atoms with van der Waals surface area (Å²) in [7, 11) is 0. The molecule has 7 heteroatoms. The highest BCUT2D eigenvalue weighted by atomic mass is 16.7. The molecule has 0 aliphatic carbocycles. The van der Waals surface area contributed by atoms with E-state index in [2.05, 4.69) is 33.4 Å². The molecule has 2 atom stereocenters. The third-order valence-corrected chi connectivity index (χ3v) is 4.68. The summed E-state index contributed by atoms with van der Waals surface area (Å²) in [5.74, 6) is 0. The Bertz CT molecular complexity index is 747. The van der Waals surface area contributed by atoms with E-state index in [9.17, 15) is 4.79 Å². The van der Waals surface area contributed by atoms with Gasteiger partial charge in [0.25, 0.3) is 0 Å². The predicted octanol–water partition coefficient (Wildman–Crippen LogP) is 0.703. The first-order chi connectivity index (χ1) is 11.7. The number of pyridine rings is 1. The normalized spacial score (nSPS) is 24.8. The molecule has 2 fully saturated rings. The number of carbonyl (C=O) groups is 1. The van der Waals surface area contributed by atoms with Crippen molar-refractivity contribution in [2.24, 2.45) is 5.73 Å². The van der Waals surface area contributed by atoms with Crippen molar-refractivity contribution in [2.75, 3.05) is 26.2 Å². The molecule has 2 unspecified atom stereocenters. The van der Waals surface area contributed by atoms with Gasteiger partial charge in [-0.2, -0.15) is 5.06 Å². The van der Waals surface area contributed by atoms with Crippen molar-refractivity contribution < 1.29 is 9.63 Å². The second-order valence-electron chi connectivity index (χ2n) is 6.27. The molecule has 2 saturated heterocycles. The maximum Gasteiger partial charge on any atom is 0.340 e. The number of rotatable bonds is 2. The largest absolute Gasteiger partial charge is 0.350 e. The molecule has 4 rings (SSSR count). The van der Waals surface area contributed by atoms with Crippen LogP contribution in [0.5, 0.6) is 0 Å². The number of nitrogens with two attached hydrogens (primary N) is 1. The summed E-state index contributed by atoms with van der Waals surface area (Å²) in [6, 6.07) is 9.59. The summed E-state index contributed by atoms with van der Waals surface area (Å²) < 4.78 is 0. The fraction of sp³-hybridized carbons (Fsp3) is 0.412. The van der Waals surface area contributed by atoms with Crippen molar-refractivity contribution in [1.82, 2.24) is 20.3 Å². The van der Waals surface area contributed by atoms with Gasteiger partial charge in [-0.1, -0.05) is 24.3 Å². The molecule has 3 N–H and O–H groups in total. The lowest BCUT2D eigenvalue weighted by atomic mass is 10.0. The van der Waals surface area contributed by atoms with Crippen LogP contribution in [-0.2, 0) is 11.3 Å². The molecule has 126 valence electrons. The number of primary amides is 1. The van der Waals surface area contributed by atoms with Crippen LogP contribution in [0.3, 0.4) is 0 Å². The molecule has 24 heavy (non-hydrogen) atoms. The number of piperazine rings is 1. The van der Waals surface area contributed by atoms with Gasteiger partial charge < -0.3 is 11.1 Å². The first-order valence-corrected chi connectivity index (χ1v) is 8.25. The Morgan fingerprint density at radius 3 is 3.12 bits per heavy atom. The van der Waals surface area contributed by atoms with Crippen molar-refractivity contribution in [3.05, 3.63) is 42.1 Å². The minimum absolute atomic E-state index is 0.126. The number of fused-ring (bicyclic) bond motifs is 2. The molecule has 2 aromatic rings. The number of amides is 2. The average Bonchev–Trinajstić information content (AvgIpc) is 2.61. The number of nitrogens with zero attached hydrogens (tertiary/aromatic N) is 3. The smallest absolute Gasteiger partial charge is 0.340 e. The van der Waals surface area contributed by atoms with Crippen LogP contribution in [-0.4, -0.2) is 59.4 Å². The predicted molar refractivity (Wildman–Crippen MR) is 90.0 cm³/mol. The molecule has 2 aliphatic heterocycles.